The van der Waals surface area contributed by atoms with Crippen LogP contribution in [0, 0.1) is 12.8 Å². The maximum absolute atomic E-state index is 4.55. The first kappa shape index (κ1) is 16.3. The molecule has 1 heterocycles. The Bertz CT molecular complexity index is 308. The molecule has 0 aliphatic carbocycles. The smallest absolute Gasteiger partial charge is 0.148 e. The minimum Gasteiger partial charge on any atom is -0.369 e. The van der Waals surface area contributed by atoms with Gasteiger partial charge in [0, 0.05) is 24.8 Å². The van der Waals surface area contributed by atoms with Crippen LogP contribution in [-0.4, -0.2) is 16.3 Å². The predicted molar refractivity (Wildman–Crippen MR) is 77.1 cm³/mol. The van der Waals surface area contributed by atoms with E-state index in [-0.39, 0.29) is 12.4 Å². The molecule has 0 radical (unpaired) electrons. The van der Waals surface area contributed by atoms with Gasteiger partial charge in [-0.2, -0.15) is 5.10 Å². The van der Waals surface area contributed by atoms with Gasteiger partial charge < -0.3 is 5.32 Å². The van der Waals surface area contributed by atoms with Gasteiger partial charge in [-0.15, -0.1) is 12.4 Å². The summed E-state index contributed by atoms with van der Waals surface area (Å²) in [6.45, 7) is 10.8. The van der Waals surface area contributed by atoms with Gasteiger partial charge in [0.1, 0.15) is 5.82 Å². The van der Waals surface area contributed by atoms with Crippen molar-refractivity contribution in [2.24, 2.45) is 5.92 Å². The van der Waals surface area contributed by atoms with Crippen LogP contribution in [-0.2, 0) is 6.54 Å². The molecule has 1 N–H and O–H groups in total. The highest BCUT2D eigenvalue weighted by molar-refractivity contribution is 5.85. The number of aryl methyl sites for hydroxylation is 1. The number of hydrogen-bond donors (Lipinski definition) is 1. The summed E-state index contributed by atoms with van der Waals surface area (Å²) in [6.07, 6.45) is 3.79. The molecule has 1 aromatic rings. The molecule has 1 rings (SSSR count). The molecule has 4 heteroatoms. The van der Waals surface area contributed by atoms with E-state index in [2.05, 4.69) is 48.9 Å². The fourth-order valence-electron chi connectivity index (χ4n) is 1.72. The van der Waals surface area contributed by atoms with Crippen LogP contribution < -0.4 is 5.32 Å². The third-order valence-corrected chi connectivity index (χ3v) is 2.61. The molecular weight excluding hydrogens is 234 g/mol. The van der Waals surface area contributed by atoms with Gasteiger partial charge in [-0.25, -0.2) is 0 Å². The number of halogens is 1. The van der Waals surface area contributed by atoms with Crippen LogP contribution in [0.3, 0.4) is 0 Å². The van der Waals surface area contributed by atoms with Crippen molar-refractivity contribution in [3.8, 4) is 0 Å². The van der Waals surface area contributed by atoms with E-state index in [9.17, 15) is 0 Å². The van der Waals surface area contributed by atoms with E-state index in [1.165, 1.54) is 25.0 Å². The van der Waals surface area contributed by atoms with Crippen molar-refractivity contribution in [1.82, 2.24) is 9.78 Å². The largest absolute Gasteiger partial charge is 0.369 e. The monoisotopic (exact) mass is 259 g/mol. The van der Waals surface area contributed by atoms with Gasteiger partial charge >= 0.3 is 0 Å². The van der Waals surface area contributed by atoms with Crippen LogP contribution >= 0.6 is 12.4 Å². The Labute approximate surface area is 111 Å². The highest BCUT2D eigenvalue weighted by atomic mass is 35.5. The van der Waals surface area contributed by atoms with E-state index in [1.54, 1.807) is 0 Å². The first-order valence-electron chi connectivity index (χ1n) is 6.41. The van der Waals surface area contributed by atoms with Crippen molar-refractivity contribution in [3.63, 3.8) is 0 Å². The topological polar surface area (TPSA) is 29.9 Å². The molecule has 0 aliphatic heterocycles. The van der Waals surface area contributed by atoms with E-state index >= 15 is 0 Å². The van der Waals surface area contributed by atoms with Gasteiger partial charge in [-0.1, -0.05) is 33.6 Å². The molecule has 0 unspecified atom stereocenters. The van der Waals surface area contributed by atoms with E-state index in [4.69, 9.17) is 0 Å². The van der Waals surface area contributed by atoms with Crippen molar-refractivity contribution in [2.75, 3.05) is 11.9 Å². The van der Waals surface area contributed by atoms with Crippen LogP contribution in [0.2, 0.25) is 0 Å². The third kappa shape index (κ3) is 5.97. The first-order valence-corrected chi connectivity index (χ1v) is 6.41. The van der Waals surface area contributed by atoms with Crippen LogP contribution in [0.1, 0.15) is 45.7 Å². The molecule has 17 heavy (non-hydrogen) atoms. The summed E-state index contributed by atoms with van der Waals surface area (Å²) in [4.78, 5) is 0. The van der Waals surface area contributed by atoms with Crippen molar-refractivity contribution in [2.45, 2.75) is 53.5 Å². The third-order valence-electron chi connectivity index (χ3n) is 2.61. The lowest BCUT2D eigenvalue weighted by Gasteiger charge is -2.06. The van der Waals surface area contributed by atoms with Gasteiger partial charge in [0.25, 0.3) is 0 Å². The highest BCUT2D eigenvalue weighted by Gasteiger charge is 2.04. The second kappa shape index (κ2) is 8.40. The number of hydrogen-bond acceptors (Lipinski definition) is 2. The van der Waals surface area contributed by atoms with Gasteiger partial charge in [-0.3, -0.25) is 4.68 Å². The quantitative estimate of drug-likeness (QED) is 0.754. The molecule has 0 saturated carbocycles. The lowest BCUT2D eigenvalue weighted by molar-refractivity contribution is 0.475. The molecule has 0 fully saturated rings. The average molecular weight is 260 g/mol. The van der Waals surface area contributed by atoms with Crippen LogP contribution in [0.25, 0.3) is 0 Å². The highest BCUT2D eigenvalue weighted by Crippen LogP contribution is 2.10. The molecule has 0 aliphatic rings. The summed E-state index contributed by atoms with van der Waals surface area (Å²) in [5, 5.41) is 7.94. The van der Waals surface area contributed by atoms with Gasteiger partial charge in [0.15, 0.2) is 0 Å². The number of rotatable bonds is 7. The molecule has 0 atom stereocenters. The van der Waals surface area contributed by atoms with E-state index in [1.807, 2.05) is 0 Å². The van der Waals surface area contributed by atoms with Gasteiger partial charge in [-0.05, 0) is 19.3 Å². The normalized spacial score (nSPS) is 10.4. The van der Waals surface area contributed by atoms with Crippen LogP contribution in [0.15, 0.2) is 6.07 Å². The van der Waals surface area contributed by atoms with Crippen molar-refractivity contribution < 1.29 is 0 Å². The number of aromatic nitrogens is 2. The van der Waals surface area contributed by atoms with Crippen LogP contribution in [0.4, 0.5) is 5.82 Å². The van der Waals surface area contributed by atoms with E-state index in [0.29, 0.717) is 5.92 Å². The Kier molecular flexibility index (Phi) is 8.05. The molecule has 0 bridgehead atoms. The fourth-order valence-corrected chi connectivity index (χ4v) is 1.72. The molecule has 1 aromatic heterocycles. The number of anilines is 1. The van der Waals surface area contributed by atoms with Gasteiger partial charge in [0.05, 0.1) is 0 Å². The Hall–Kier alpha value is -0.700. The van der Waals surface area contributed by atoms with Crippen molar-refractivity contribution in [1.29, 1.82) is 0 Å². The Morgan fingerprint density at radius 3 is 2.65 bits per heavy atom. The molecule has 0 aromatic carbocycles. The number of nitrogens with one attached hydrogen (secondary N) is 1. The fraction of sp³-hybridized carbons (Fsp3) is 0.769. The Balaban J connectivity index is 0.00000256. The zero-order chi connectivity index (χ0) is 12.0. The second-order valence-electron chi connectivity index (χ2n) is 4.88. The van der Waals surface area contributed by atoms with E-state index in [0.717, 1.165) is 18.9 Å². The molecule has 100 valence electrons. The maximum Gasteiger partial charge on any atom is 0.148 e. The summed E-state index contributed by atoms with van der Waals surface area (Å²) < 4.78 is 2.09. The summed E-state index contributed by atoms with van der Waals surface area (Å²) in [6, 6.07) is 2.13. The Morgan fingerprint density at radius 1 is 1.35 bits per heavy atom. The van der Waals surface area contributed by atoms with Crippen molar-refractivity contribution in [3.05, 3.63) is 11.8 Å². The number of unbranched alkanes of at least 4 members (excludes halogenated alkanes) is 2. The molecule has 0 saturated heterocycles. The van der Waals surface area contributed by atoms with Crippen LogP contribution in [0.5, 0.6) is 0 Å². The predicted octanol–water partition coefficient (Wildman–Crippen LogP) is 3.87. The maximum atomic E-state index is 4.55. The summed E-state index contributed by atoms with van der Waals surface area (Å²) in [7, 11) is 0. The zero-order valence-corrected chi connectivity index (χ0v) is 12.3. The SMILES string of the molecule is CCCCCNc1cc(C)n(CC(C)C)n1.Cl. The minimum atomic E-state index is 0. The van der Waals surface area contributed by atoms with Gasteiger partial charge in [0.2, 0.25) is 0 Å². The molecule has 0 spiro atoms. The standard InChI is InChI=1S/C13H25N3.ClH/c1-5-6-7-8-14-13-9-12(4)16(15-13)10-11(2)3;/h9,11H,5-8,10H2,1-4H3,(H,14,15);1H. The van der Waals surface area contributed by atoms with E-state index < -0.39 is 0 Å². The lowest BCUT2D eigenvalue weighted by atomic mass is 10.2. The summed E-state index contributed by atoms with van der Waals surface area (Å²) >= 11 is 0. The lowest BCUT2D eigenvalue weighted by Crippen LogP contribution is -2.08. The Morgan fingerprint density at radius 2 is 2.06 bits per heavy atom. The second-order valence-corrected chi connectivity index (χ2v) is 4.88. The zero-order valence-electron chi connectivity index (χ0n) is 11.5. The molecule has 3 nitrogen and oxygen atoms in total. The van der Waals surface area contributed by atoms with Crippen molar-refractivity contribution >= 4 is 18.2 Å². The average Bonchev–Trinajstić information content (AvgIpc) is 2.54. The summed E-state index contributed by atoms with van der Waals surface area (Å²) in [5.41, 5.74) is 1.24. The summed E-state index contributed by atoms with van der Waals surface area (Å²) in [5.74, 6) is 1.67. The first-order chi connectivity index (χ1) is 7.63. The molecule has 0 amide bonds. The number of nitrogens with zero attached hydrogens (tertiary/aromatic N) is 2. The molecular formula is C13H26ClN3. The minimum absolute atomic E-state index is 0.